The summed E-state index contributed by atoms with van der Waals surface area (Å²) in [4.78, 5) is 0. The Kier molecular flexibility index (Phi) is 22.8. The summed E-state index contributed by atoms with van der Waals surface area (Å²) in [6, 6.07) is 2.49. The van der Waals surface area contributed by atoms with Crippen molar-refractivity contribution in [2.75, 3.05) is 0 Å². The fourth-order valence-electron chi connectivity index (χ4n) is 4.44. The molecule has 0 rings (SSSR count). The van der Waals surface area contributed by atoms with Crippen LogP contribution < -0.4 is 0 Å². The van der Waals surface area contributed by atoms with Crippen molar-refractivity contribution in [1.82, 2.24) is 0 Å². The minimum Gasteiger partial charge on any atom is -0.198 e. The second-order valence-corrected chi connectivity index (χ2v) is 10.2. The van der Waals surface area contributed by atoms with E-state index < -0.39 is 0 Å². The molecule has 1 nitrogen and oxygen atoms in total. The molecule has 0 amide bonds. The minimum atomic E-state index is -0.0758. The summed E-state index contributed by atoms with van der Waals surface area (Å²) in [7, 11) is 0. The van der Waals surface area contributed by atoms with Crippen LogP contribution >= 0.6 is 0 Å². The summed E-state index contributed by atoms with van der Waals surface area (Å²) in [5.41, 5.74) is -0.0758. The first-order valence-electron chi connectivity index (χ1n) is 14.1. The minimum absolute atomic E-state index is 0.0758. The third-order valence-corrected chi connectivity index (χ3v) is 7.13. The van der Waals surface area contributed by atoms with E-state index >= 15 is 0 Å². The molecule has 0 aromatic carbocycles. The molecular formula is C29H57N. The molecule has 0 radical (unpaired) electrons. The van der Waals surface area contributed by atoms with Gasteiger partial charge in [0.15, 0.2) is 0 Å². The molecule has 1 atom stereocenters. The Hall–Kier alpha value is -0.510. The lowest BCUT2D eigenvalue weighted by Gasteiger charge is -2.18. The largest absolute Gasteiger partial charge is 0.198 e. The quantitative estimate of drug-likeness (QED) is 0.143. The maximum absolute atomic E-state index is 9.21. The second kappa shape index (κ2) is 23.2. The summed E-state index contributed by atoms with van der Waals surface area (Å²) in [5.74, 6) is 0. The van der Waals surface area contributed by atoms with Crippen molar-refractivity contribution in [2.24, 2.45) is 5.41 Å². The van der Waals surface area contributed by atoms with Gasteiger partial charge in [0.1, 0.15) is 0 Å². The van der Waals surface area contributed by atoms with Crippen LogP contribution in [-0.4, -0.2) is 0 Å². The lowest BCUT2D eigenvalue weighted by atomic mass is 9.84. The van der Waals surface area contributed by atoms with Crippen molar-refractivity contribution in [3.63, 3.8) is 0 Å². The second-order valence-electron chi connectivity index (χ2n) is 10.2. The number of unbranched alkanes of at least 4 members (excludes halogenated alkanes) is 21. The molecule has 0 aliphatic carbocycles. The highest BCUT2D eigenvalue weighted by atomic mass is 14.3. The van der Waals surface area contributed by atoms with Crippen LogP contribution in [0.2, 0.25) is 0 Å². The average Bonchev–Trinajstić information content (AvgIpc) is 2.77. The average molecular weight is 420 g/mol. The van der Waals surface area contributed by atoms with Crippen LogP contribution in [0.5, 0.6) is 0 Å². The van der Waals surface area contributed by atoms with Gasteiger partial charge in [-0.1, -0.05) is 155 Å². The van der Waals surface area contributed by atoms with E-state index in [1.165, 1.54) is 141 Å². The standard InChI is InChI=1S/C29H57N/c1-4-6-7-8-9-10-11-12-13-14-15-16-17-18-19-20-21-22-23-24-25-26-27-29(3,5-2)28-30/h4-27H2,1-3H3. The molecule has 30 heavy (non-hydrogen) atoms. The van der Waals surface area contributed by atoms with Crippen LogP contribution in [0.25, 0.3) is 0 Å². The molecule has 0 saturated carbocycles. The predicted molar refractivity (Wildman–Crippen MR) is 136 cm³/mol. The first-order valence-corrected chi connectivity index (χ1v) is 14.1. The molecule has 0 aliphatic heterocycles. The van der Waals surface area contributed by atoms with E-state index in [9.17, 15) is 5.26 Å². The maximum atomic E-state index is 9.21. The molecule has 0 N–H and O–H groups in total. The molecule has 178 valence electrons. The Labute approximate surface area is 191 Å². The van der Waals surface area contributed by atoms with Gasteiger partial charge in [-0.3, -0.25) is 0 Å². The van der Waals surface area contributed by atoms with E-state index in [0.29, 0.717) is 0 Å². The van der Waals surface area contributed by atoms with Crippen molar-refractivity contribution in [1.29, 1.82) is 5.26 Å². The van der Waals surface area contributed by atoms with Gasteiger partial charge in [0.2, 0.25) is 0 Å². The first kappa shape index (κ1) is 29.5. The van der Waals surface area contributed by atoms with E-state index in [1.54, 1.807) is 0 Å². The van der Waals surface area contributed by atoms with E-state index in [2.05, 4.69) is 26.8 Å². The van der Waals surface area contributed by atoms with Gasteiger partial charge in [0.25, 0.3) is 0 Å². The highest BCUT2D eigenvalue weighted by molar-refractivity contribution is 4.94. The lowest BCUT2D eigenvalue weighted by molar-refractivity contribution is 0.368. The monoisotopic (exact) mass is 419 g/mol. The fraction of sp³-hybridized carbons (Fsp3) is 0.966. The van der Waals surface area contributed by atoms with E-state index in [4.69, 9.17) is 0 Å². The van der Waals surface area contributed by atoms with Gasteiger partial charge in [0.05, 0.1) is 11.5 Å². The summed E-state index contributed by atoms with van der Waals surface area (Å²) < 4.78 is 0. The number of nitrogens with zero attached hydrogens (tertiary/aromatic N) is 1. The Bertz CT molecular complexity index is 369. The molecule has 1 heteroatoms. The highest BCUT2D eigenvalue weighted by Gasteiger charge is 2.19. The van der Waals surface area contributed by atoms with Crippen molar-refractivity contribution < 1.29 is 0 Å². The fourth-order valence-corrected chi connectivity index (χ4v) is 4.44. The summed E-state index contributed by atoms with van der Waals surface area (Å²) >= 11 is 0. The molecule has 0 saturated heterocycles. The third-order valence-electron chi connectivity index (χ3n) is 7.13. The normalized spacial score (nSPS) is 13.3. The third kappa shape index (κ3) is 20.8. The van der Waals surface area contributed by atoms with E-state index in [1.807, 2.05) is 0 Å². The van der Waals surface area contributed by atoms with Crippen LogP contribution in [0.3, 0.4) is 0 Å². The van der Waals surface area contributed by atoms with Crippen molar-refractivity contribution in [3.05, 3.63) is 0 Å². The van der Waals surface area contributed by atoms with Crippen LogP contribution in [0, 0.1) is 16.7 Å². The molecule has 0 aromatic heterocycles. The zero-order valence-electron chi connectivity index (χ0n) is 21.4. The van der Waals surface area contributed by atoms with Crippen LogP contribution in [0.15, 0.2) is 0 Å². The van der Waals surface area contributed by atoms with Gasteiger partial charge in [-0.05, 0) is 19.8 Å². The summed E-state index contributed by atoms with van der Waals surface area (Å²) in [6.45, 7) is 6.55. The molecule has 0 spiro atoms. The zero-order valence-corrected chi connectivity index (χ0v) is 21.4. The number of nitriles is 1. The van der Waals surface area contributed by atoms with Crippen molar-refractivity contribution >= 4 is 0 Å². The maximum Gasteiger partial charge on any atom is 0.0686 e. The van der Waals surface area contributed by atoms with E-state index in [-0.39, 0.29) is 5.41 Å². The lowest BCUT2D eigenvalue weighted by Crippen LogP contribution is -2.11. The van der Waals surface area contributed by atoms with Gasteiger partial charge in [-0.15, -0.1) is 0 Å². The van der Waals surface area contributed by atoms with Crippen LogP contribution in [-0.2, 0) is 0 Å². The number of hydrogen-bond donors (Lipinski definition) is 0. The topological polar surface area (TPSA) is 23.8 Å². The van der Waals surface area contributed by atoms with Gasteiger partial charge in [-0.2, -0.15) is 5.26 Å². The SMILES string of the molecule is CCCCCCCCCCCCCCCCCCCCCCCCC(C)(C#N)CC. The van der Waals surface area contributed by atoms with E-state index in [0.717, 1.165) is 12.8 Å². The number of rotatable bonds is 24. The molecule has 0 heterocycles. The molecule has 0 aromatic rings. The molecule has 1 unspecified atom stereocenters. The molecular weight excluding hydrogens is 362 g/mol. The van der Waals surface area contributed by atoms with Crippen molar-refractivity contribution in [3.8, 4) is 6.07 Å². The Morgan fingerprint density at radius 3 is 0.967 bits per heavy atom. The van der Waals surface area contributed by atoms with Crippen LogP contribution in [0.1, 0.15) is 175 Å². The van der Waals surface area contributed by atoms with Gasteiger partial charge < -0.3 is 0 Å². The smallest absolute Gasteiger partial charge is 0.0686 e. The van der Waals surface area contributed by atoms with Crippen LogP contribution in [0.4, 0.5) is 0 Å². The summed E-state index contributed by atoms with van der Waals surface area (Å²) in [6.07, 6.45) is 33.6. The van der Waals surface area contributed by atoms with Crippen molar-refractivity contribution in [2.45, 2.75) is 175 Å². The summed E-state index contributed by atoms with van der Waals surface area (Å²) in [5, 5.41) is 9.21. The molecule has 0 bridgehead atoms. The Morgan fingerprint density at radius 2 is 0.733 bits per heavy atom. The molecule has 0 fully saturated rings. The Morgan fingerprint density at radius 1 is 0.467 bits per heavy atom. The Balaban J connectivity index is 3.11. The zero-order chi connectivity index (χ0) is 22.2. The first-order chi connectivity index (χ1) is 14.7. The molecule has 0 aliphatic rings. The van der Waals surface area contributed by atoms with Gasteiger partial charge in [0, 0.05) is 0 Å². The van der Waals surface area contributed by atoms with Gasteiger partial charge >= 0.3 is 0 Å². The predicted octanol–water partition coefficient (Wildman–Crippen LogP) is 10.9. The number of hydrogen-bond acceptors (Lipinski definition) is 1. The van der Waals surface area contributed by atoms with Gasteiger partial charge in [-0.25, -0.2) is 0 Å². The highest BCUT2D eigenvalue weighted by Crippen LogP contribution is 2.27.